The summed E-state index contributed by atoms with van der Waals surface area (Å²) in [6.45, 7) is 5.59. The number of para-hydroxylation sites is 1. The third-order valence-corrected chi connectivity index (χ3v) is 5.51. The predicted octanol–water partition coefficient (Wildman–Crippen LogP) is 5.97. The first kappa shape index (κ1) is 31.1. The van der Waals surface area contributed by atoms with E-state index in [0.717, 1.165) is 11.1 Å². The number of carbonyl (C=O) groups excluding carboxylic acids is 2. The van der Waals surface area contributed by atoms with E-state index in [-0.39, 0.29) is 30.5 Å². The van der Waals surface area contributed by atoms with E-state index in [9.17, 15) is 9.59 Å². The minimum absolute atomic E-state index is 0. The fourth-order valence-corrected chi connectivity index (χ4v) is 3.70. The number of nitrogens with one attached hydrogen (secondary N) is 2. The van der Waals surface area contributed by atoms with E-state index in [1.54, 1.807) is 40.0 Å². The molecule has 1 atom stereocenters. The fourth-order valence-electron chi connectivity index (χ4n) is 3.37. The summed E-state index contributed by atoms with van der Waals surface area (Å²) in [5.41, 5.74) is 0.928. The van der Waals surface area contributed by atoms with Gasteiger partial charge in [0.25, 0.3) is 0 Å². The number of methoxy groups -OCH3 is 1. The van der Waals surface area contributed by atoms with Crippen molar-refractivity contribution in [1.82, 2.24) is 14.9 Å². The first-order valence-electron chi connectivity index (χ1n) is 11.7. The van der Waals surface area contributed by atoms with Crippen molar-refractivity contribution in [2.75, 3.05) is 17.7 Å². The molecule has 206 valence electrons. The van der Waals surface area contributed by atoms with Crippen LogP contribution in [0.25, 0.3) is 0 Å². The molecule has 12 heteroatoms. The highest BCUT2D eigenvalue weighted by molar-refractivity contribution is 6.21. The molecule has 0 aliphatic heterocycles. The van der Waals surface area contributed by atoms with Gasteiger partial charge in [-0.05, 0) is 44.5 Å². The van der Waals surface area contributed by atoms with Gasteiger partial charge in [0.05, 0.1) is 26.0 Å². The highest BCUT2D eigenvalue weighted by Crippen LogP contribution is 2.25. The van der Waals surface area contributed by atoms with Crippen LogP contribution in [0.3, 0.4) is 0 Å². The number of anilines is 2. The van der Waals surface area contributed by atoms with Crippen LogP contribution in [0, 0.1) is 11.3 Å². The Labute approximate surface area is 238 Å². The van der Waals surface area contributed by atoms with E-state index < -0.39 is 23.2 Å². The number of carbonyl (C=O) groups is 2. The van der Waals surface area contributed by atoms with E-state index in [2.05, 4.69) is 20.6 Å². The Morgan fingerprint density at radius 2 is 1.77 bits per heavy atom. The molecule has 1 heterocycles. The number of hydrogen-bond donors (Lipinski definition) is 2. The highest BCUT2D eigenvalue weighted by Gasteiger charge is 2.28. The number of benzene rings is 2. The number of alkyl halides is 1. The molecule has 3 rings (SSSR count). The van der Waals surface area contributed by atoms with Crippen molar-refractivity contribution < 1.29 is 19.1 Å². The topological polar surface area (TPSA) is 129 Å². The molecule has 1 unspecified atom stereocenters. The van der Waals surface area contributed by atoms with Gasteiger partial charge < -0.3 is 14.8 Å². The maximum absolute atomic E-state index is 13.1. The average Bonchev–Trinajstić information content (AvgIpc) is 2.88. The van der Waals surface area contributed by atoms with Crippen molar-refractivity contribution in [2.45, 2.75) is 44.8 Å². The number of hydrogen-bond acceptors (Lipinski definition) is 7. The van der Waals surface area contributed by atoms with Gasteiger partial charge in [-0.15, -0.1) is 12.4 Å². The molecular weight excluding hydrogens is 543 g/mol. The van der Waals surface area contributed by atoms with Crippen LogP contribution in [-0.4, -0.2) is 45.2 Å². The molecule has 2 N–H and O–H groups in total. The highest BCUT2D eigenvalue weighted by atomic mass is 35.5. The van der Waals surface area contributed by atoms with Crippen LogP contribution in [0.1, 0.15) is 37.6 Å². The van der Waals surface area contributed by atoms with Crippen molar-refractivity contribution in [3.8, 4) is 11.8 Å². The second-order valence-electron chi connectivity index (χ2n) is 9.23. The number of urea groups is 1. The van der Waals surface area contributed by atoms with Crippen LogP contribution in [0.15, 0.2) is 60.9 Å². The smallest absolute Gasteiger partial charge is 0.411 e. The molecule has 10 nitrogen and oxygen atoms in total. The van der Waals surface area contributed by atoms with Gasteiger partial charge in [0.2, 0.25) is 0 Å². The Bertz CT molecular complexity index is 1290. The summed E-state index contributed by atoms with van der Waals surface area (Å²) in [7, 11) is 1.57. The molecule has 39 heavy (non-hydrogen) atoms. The van der Waals surface area contributed by atoms with Crippen molar-refractivity contribution in [3.05, 3.63) is 77.7 Å². The average molecular weight is 573 g/mol. The Morgan fingerprint density at radius 1 is 1.08 bits per heavy atom. The van der Waals surface area contributed by atoms with Gasteiger partial charge >= 0.3 is 12.1 Å². The molecule has 0 bridgehead atoms. The van der Waals surface area contributed by atoms with Gasteiger partial charge in [0, 0.05) is 17.7 Å². The van der Waals surface area contributed by atoms with Gasteiger partial charge in [-0.1, -0.05) is 41.9 Å². The lowest BCUT2D eigenvalue weighted by Gasteiger charge is -2.31. The Hall–Kier alpha value is -4.07. The van der Waals surface area contributed by atoms with E-state index >= 15 is 0 Å². The molecule has 0 saturated heterocycles. The van der Waals surface area contributed by atoms with Crippen LogP contribution >= 0.6 is 24.0 Å². The van der Waals surface area contributed by atoms with Gasteiger partial charge in [0.1, 0.15) is 22.9 Å². The fraction of sp³-hybridized carbons (Fsp3) is 0.296. The molecular formula is C27H30Cl2N6O4. The lowest BCUT2D eigenvalue weighted by atomic mass is 10.1. The van der Waals surface area contributed by atoms with E-state index in [4.69, 9.17) is 26.3 Å². The SMILES string of the molecule is COc1ccccc1CN(C(=O)OC(C)(C)C)C(Cl)Cc1ccc(NC(=O)Nc2cnc(C#N)cn2)cc1.Cl. The molecule has 0 aliphatic carbocycles. The van der Waals surface area contributed by atoms with Crippen molar-refractivity contribution >= 4 is 47.6 Å². The van der Waals surface area contributed by atoms with Gasteiger partial charge in [-0.3, -0.25) is 10.2 Å². The van der Waals surface area contributed by atoms with E-state index in [1.165, 1.54) is 17.3 Å². The summed E-state index contributed by atoms with van der Waals surface area (Å²) in [4.78, 5) is 34.6. The van der Waals surface area contributed by atoms with Gasteiger partial charge in [-0.2, -0.15) is 5.26 Å². The number of nitrogens with zero attached hydrogens (tertiary/aromatic N) is 4. The predicted molar refractivity (Wildman–Crippen MR) is 151 cm³/mol. The zero-order chi connectivity index (χ0) is 27.7. The van der Waals surface area contributed by atoms with E-state index in [0.29, 0.717) is 17.9 Å². The Morgan fingerprint density at radius 3 is 2.36 bits per heavy atom. The van der Waals surface area contributed by atoms with Crippen LogP contribution < -0.4 is 15.4 Å². The van der Waals surface area contributed by atoms with Crippen LogP contribution in [-0.2, 0) is 17.7 Å². The molecule has 0 spiro atoms. The van der Waals surface area contributed by atoms with Crippen LogP contribution in [0.5, 0.6) is 5.75 Å². The van der Waals surface area contributed by atoms with Crippen molar-refractivity contribution in [1.29, 1.82) is 5.26 Å². The van der Waals surface area contributed by atoms with E-state index in [1.807, 2.05) is 42.5 Å². The maximum atomic E-state index is 13.1. The molecule has 0 aliphatic rings. The number of amides is 3. The number of ether oxygens (including phenoxy) is 2. The Balaban J connectivity index is 0.00000533. The van der Waals surface area contributed by atoms with Crippen LogP contribution in [0.4, 0.5) is 21.1 Å². The molecule has 3 aromatic rings. The normalized spacial score (nSPS) is 11.3. The first-order valence-corrected chi connectivity index (χ1v) is 12.2. The summed E-state index contributed by atoms with van der Waals surface area (Å²) in [6, 6.07) is 15.8. The third-order valence-electron chi connectivity index (χ3n) is 5.12. The molecule has 3 amide bonds. The number of nitriles is 1. The summed E-state index contributed by atoms with van der Waals surface area (Å²) in [5.74, 6) is 0.853. The zero-order valence-electron chi connectivity index (χ0n) is 22.0. The molecule has 0 saturated carbocycles. The summed E-state index contributed by atoms with van der Waals surface area (Å²) in [5, 5.41) is 14.0. The molecule has 2 aromatic carbocycles. The minimum atomic E-state index is -0.716. The second-order valence-corrected chi connectivity index (χ2v) is 9.74. The van der Waals surface area contributed by atoms with Crippen LogP contribution in [0.2, 0.25) is 0 Å². The maximum Gasteiger partial charge on any atom is 0.411 e. The standard InChI is InChI=1S/C27H29ClN6O4.ClH/c1-27(2,3)38-26(36)34(17-19-7-5-6-8-22(19)37-4)23(28)13-18-9-11-20(12-10-18)32-25(35)33-24-16-30-21(14-29)15-31-24;/h5-12,15-16,23H,13,17H2,1-4H3,(H2,31,32,33,35);1H. The van der Waals surface area contributed by atoms with Crippen molar-refractivity contribution in [2.24, 2.45) is 0 Å². The quantitative estimate of drug-likeness (QED) is 0.251. The molecule has 0 fully saturated rings. The largest absolute Gasteiger partial charge is 0.496 e. The van der Waals surface area contributed by atoms with Gasteiger partial charge in [0.15, 0.2) is 11.5 Å². The third kappa shape index (κ3) is 9.63. The van der Waals surface area contributed by atoms with Crippen molar-refractivity contribution in [3.63, 3.8) is 0 Å². The summed E-state index contributed by atoms with van der Waals surface area (Å²) < 4.78 is 11.0. The van der Waals surface area contributed by atoms with Gasteiger partial charge in [-0.25, -0.2) is 19.6 Å². The monoisotopic (exact) mass is 572 g/mol. The number of halogens is 2. The lowest BCUT2D eigenvalue weighted by molar-refractivity contribution is 0.0204. The molecule has 1 aromatic heterocycles. The lowest BCUT2D eigenvalue weighted by Crippen LogP contribution is -2.41. The first-order chi connectivity index (χ1) is 18.1. The minimum Gasteiger partial charge on any atom is -0.496 e. The summed E-state index contributed by atoms with van der Waals surface area (Å²) >= 11 is 6.76. The number of rotatable bonds is 8. The second kappa shape index (κ2) is 14.2. The zero-order valence-corrected chi connectivity index (χ0v) is 23.5. The Kier molecular flexibility index (Phi) is 11.3. The number of aromatic nitrogens is 2. The summed E-state index contributed by atoms with van der Waals surface area (Å²) in [6.07, 6.45) is 2.36. The molecule has 0 radical (unpaired) electrons.